The zero-order valence-corrected chi connectivity index (χ0v) is 12.1. The quantitative estimate of drug-likeness (QED) is 0.734. The van der Waals surface area contributed by atoms with E-state index >= 15 is 0 Å². The molecule has 1 aromatic carbocycles. The van der Waals surface area contributed by atoms with E-state index in [1.54, 1.807) is 11.3 Å². The Morgan fingerprint density at radius 2 is 2.00 bits per heavy atom. The van der Waals surface area contributed by atoms with Crippen LogP contribution in [0, 0.1) is 17.6 Å². The van der Waals surface area contributed by atoms with Crippen LogP contribution in [-0.4, -0.2) is 5.78 Å². The lowest BCUT2D eigenvalue weighted by atomic mass is 10.0. The number of rotatable bonds is 3. The largest absolute Gasteiger partial charge is 0.294 e. The third kappa shape index (κ3) is 2.37. The van der Waals surface area contributed by atoms with Crippen molar-refractivity contribution >= 4 is 33.0 Å². The molecule has 0 spiro atoms. The van der Waals surface area contributed by atoms with Gasteiger partial charge in [-0.1, -0.05) is 6.07 Å². The molecule has 0 N–H and O–H groups in total. The van der Waals surface area contributed by atoms with Crippen molar-refractivity contribution in [2.75, 3.05) is 0 Å². The van der Waals surface area contributed by atoms with Crippen LogP contribution < -0.4 is 0 Å². The van der Waals surface area contributed by atoms with Gasteiger partial charge in [0.25, 0.3) is 0 Å². The van der Waals surface area contributed by atoms with Gasteiger partial charge < -0.3 is 0 Å². The van der Waals surface area contributed by atoms with Crippen LogP contribution >= 0.6 is 27.3 Å². The molecule has 19 heavy (non-hydrogen) atoms. The number of carbonyl (C=O) groups excluding carboxylic acids is 1. The molecule has 1 heterocycles. The first kappa shape index (κ1) is 12.9. The summed E-state index contributed by atoms with van der Waals surface area (Å²) in [5, 5.41) is 1.94. The molecule has 0 radical (unpaired) electrons. The van der Waals surface area contributed by atoms with Crippen LogP contribution in [0.4, 0.5) is 8.78 Å². The highest BCUT2D eigenvalue weighted by atomic mass is 79.9. The van der Waals surface area contributed by atoms with E-state index in [-0.39, 0.29) is 11.8 Å². The zero-order chi connectivity index (χ0) is 13.6. The Hall–Kier alpha value is -1.07. The van der Waals surface area contributed by atoms with Gasteiger partial charge in [0.05, 0.1) is 5.56 Å². The monoisotopic (exact) mass is 342 g/mol. The van der Waals surface area contributed by atoms with Gasteiger partial charge in [-0.05, 0) is 40.5 Å². The number of hydrogen-bond donors (Lipinski definition) is 0. The Bertz CT molecular complexity index is 632. The van der Waals surface area contributed by atoms with Crippen molar-refractivity contribution in [3.05, 3.63) is 56.2 Å². The molecule has 3 rings (SSSR count). The van der Waals surface area contributed by atoms with E-state index in [4.69, 9.17) is 0 Å². The summed E-state index contributed by atoms with van der Waals surface area (Å²) in [5.41, 5.74) is -0.398. The Morgan fingerprint density at radius 3 is 2.58 bits per heavy atom. The van der Waals surface area contributed by atoms with Crippen molar-refractivity contribution in [1.29, 1.82) is 0 Å². The molecular formula is C14H9BrF2OS. The standard InChI is InChI=1S/C14H9BrF2OS/c15-7-4-12(19-6-7)8-5-9(8)14(18)13-10(16)2-1-3-11(13)17/h1-4,6,8-9H,5H2. The number of carbonyl (C=O) groups is 1. The zero-order valence-electron chi connectivity index (χ0n) is 9.70. The molecule has 2 atom stereocenters. The highest BCUT2D eigenvalue weighted by Crippen LogP contribution is 2.51. The highest BCUT2D eigenvalue weighted by Gasteiger charge is 2.46. The van der Waals surface area contributed by atoms with Crippen LogP contribution in [-0.2, 0) is 0 Å². The summed E-state index contributed by atoms with van der Waals surface area (Å²) in [7, 11) is 0. The topological polar surface area (TPSA) is 17.1 Å². The van der Waals surface area contributed by atoms with E-state index in [0.717, 1.165) is 21.5 Å². The van der Waals surface area contributed by atoms with Crippen LogP contribution in [0.2, 0.25) is 0 Å². The number of benzene rings is 1. The van der Waals surface area contributed by atoms with Gasteiger partial charge in [-0.25, -0.2) is 8.78 Å². The average molecular weight is 343 g/mol. The van der Waals surface area contributed by atoms with Gasteiger partial charge in [-0.15, -0.1) is 11.3 Å². The molecule has 5 heteroatoms. The highest BCUT2D eigenvalue weighted by molar-refractivity contribution is 9.10. The molecule has 0 aliphatic heterocycles. The van der Waals surface area contributed by atoms with E-state index in [0.29, 0.717) is 6.42 Å². The molecule has 0 amide bonds. The third-order valence-corrected chi connectivity index (χ3v) is 5.12. The fourth-order valence-electron chi connectivity index (χ4n) is 2.24. The minimum Gasteiger partial charge on any atom is -0.294 e. The van der Waals surface area contributed by atoms with Crippen molar-refractivity contribution in [3.8, 4) is 0 Å². The Balaban J connectivity index is 1.84. The fraction of sp³-hybridized carbons (Fsp3) is 0.214. The molecule has 1 saturated carbocycles. The molecule has 1 aliphatic rings. The van der Waals surface area contributed by atoms with Gasteiger partial charge in [-0.3, -0.25) is 4.79 Å². The van der Waals surface area contributed by atoms with E-state index < -0.39 is 23.0 Å². The lowest BCUT2D eigenvalue weighted by molar-refractivity contribution is 0.0957. The van der Waals surface area contributed by atoms with Gasteiger partial charge in [0.15, 0.2) is 5.78 Å². The van der Waals surface area contributed by atoms with Crippen molar-refractivity contribution in [3.63, 3.8) is 0 Å². The van der Waals surface area contributed by atoms with Gasteiger partial charge in [0, 0.05) is 26.6 Å². The van der Waals surface area contributed by atoms with Crippen LogP contribution in [0.25, 0.3) is 0 Å². The first-order chi connectivity index (χ1) is 9.08. The first-order valence-corrected chi connectivity index (χ1v) is 7.47. The number of hydrogen-bond acceptors (Lipinski definition) is 2. The average Bonchev–Trinajstić information content (AvgIpc) is 3.05. The molecule has 1 aliphatic carbocycles. The second-order valence-corrected chi connectivity index (χ2v) is 6.44. The number of ketones is 1. The van der Waals surface area contributed by atoms with Gasteiger partial charge in [-0.2, -0.15) is 0 Å². The Kier molecular flexibility index (Phi) is 3.27. The third-order valence-electron chi connectivity index (χ3n) is 3.29. The maximum atomic E-state index is 13.6. The predicted molar refractivity (Wildman–Crippen MR) is 73.6 cm³/mol. The minimum atomic E-state index is -0.775. The van der Waals surface area contributed by atoms with Crippen molar-refractivity contribution in [2.45, 2.75) is 12.3 Å². The molecule has 2 aromatic rings. The SMILES string of the molecule is O=C(c1c(F)cccc1F)C1CC1c1cc(Br)cs1. The summed E-state index contributed by atoms with van der Waals surface area (Å²) >= 11 is 4.92. The summed E-state index contributed by atoms with van der Waals surface area (Å²) < 4.78 is 28.1. The molecular weight excluding hydrogens is 334 g/mol. The van der Waals surface area contributed by atoms with Crippen molar-refractivity contribution in [1.82, 2.24) is 0 Å². The minimum absolute atomic E-state index is 0.0998. The maximum Gasteiger partial charge on any atom is 0.172 e. The molecule has 2 unspecified atom stereocenters. The fourth-order valence-corrected chi connectivity index (χ4v) is 3.87. The molecule has 0 bridgehead atoms. The molecule has 1 aromatic heterocycles. The molecule has 0 saturated heterocycles. The Labute approximate surface area is 121 Å². The summed E-state index contributed by atoms with van der Waals surface area (Å²) in [5.74, 6) is -2.17. The van der Waals surface area contributed by atoms with E-state index in [1.165, 1.54) is 6.07 Å². The number of Topliss-reactive ketones (excluding diaryl/α,β-unsaturated/α-hetero) is 1. The van der Waals surface area contributed by atoms with Crippen LogP contribution in [0.5, 0.6) is 0 Å². The second-order valence-electron chi connectivity index (χ2n) is 4.58. The van der Waals surface area contributed by atoms with Crippen molar-refractivity contribution < 1.29 is 13.6 Å². The molecule has 1 fully saturated rings. The maximum absolute atomic E-state index is 13.6. The summed E-state index contributed by atoms with van der Waals surface area (Å²) in [6.45, 7) is 0. The normalized spacial score (nSPS) is 21.4. The van der Waals surface area contributed by atoms with Crippen LogP contribution in [0.3, 0.4) is 0 Å². The van der Waals surface area contributed by atoms with Gasteiger partial charge in [0.1, 0.15) is 11.6 Å². The number of thiophene rings is 1. The summed E-state index contributed by atoms with van der Waals surface area (Å²) in [6.07, 6.45) is 0.666. The van der Waals surface area contributed by atoms with E-state index in [2.05, 4.69) is 15.9 Å². The summed E-state index contributed by atoms with van der Waals surface area (Å²) in [4.78, 5) is 13.2. The first-order valence-electron chi connectivity index (χ1n) is 5.80. The van der Waals surface area contributed by atoms with E-state index in [9.17, 15) is 13.6 Å². The predicted octanol–water partition coefficient (Wildman–Crippen LogP) is 4.78. The van der Waals surface area contributed by atoms with Crippen molar-refractivity contribution in [2.24, 2.45) is 5.92 Å². The summed E-state index contributed by atoms with van der Waals surface area (Å²) in [6, 6.07) is 5.47. The van der Waals surface area contributed by atoms with E-state index in [1.807, 2.05) is 11.4 Å². The lowest BCUT2D eigenvalue weighted by Crippen LogP contribution is -2.08. The smallest absolute Gasteiger partial charge is 0.172 e. The second kappa shape index (κ2) is 4.80. The number of halogens is 3. The van der Waals surface area contributed by atoms with Gasteiger partial charge >= 0.3 is 0 Å². The molecule has 98 valence electrons. The Morgan fingerprint density at radius 1 is 1.32 bits per heavy atom. The lowest BCUT2D eigenvalue weighted by Gasteiger charge is -2.03. The van der Waals surface area contributed by atoms with Gasteiger partial charge in [0.2, 0.25) is 0 Å². The van der Waals surface area contributed by atoms with Crippen LogP contribution in [0.15, 0.2) is 34.1 Å². The van der Waals surface area contributed by atoms with Crippen LogP contribution in [0.1, 0.15) is 27.6 Å². The molecule has 1 nitrogen and oxygen atoms in total.